The first-order valence-corrected chi connectivity index (χ1v) is 5.58. The molecule has 1 atom stereocenters. The van der Waals surface area contributed by atoms with Crippen LogP contribution in [0.2, 0.25) is 0 Å². The summed E-state index contributed by atoms with van der Waals surface area (Å²) in [7, 11) is 0. The van der Waals surface area contributed by atoms with Crippen molar-refractivity contribution >= 4 is 15.9 Å². The van der Waals surface area contributed by atoms with Crippen LogP contribution < -0.4 is 4.74 Å². The maximum atomic E-state index is 9.61. The van der Waals surface area contributed by atoms with Crippen molar-refractivity contribution in [1.29, 1.82) is 0 Å². The highest BCUT2D eigenvalue weighted by molar-refractivity contribution is 9.10. The molecule has 0 aliphatic carbocycles. The molecule has 0 bridgehead atoms. The Bertz CT molecular complexity index is 299. The molecule has 0 spiro atoms. The van der Waals surface area contributed by atoms with E-state index in [1.54, 1.807) is 0 Å². The van der Waals surface area contributed by atoms with E-state index < -0.39 is 0 Å². The third kappa shape index (κ3) is 2.72. The predicted octanol–water partition coefficient (Wildman–Crippen LogP) is 3.29. The first-order chi connectivity index (χ1) is 6.69. The predicted molar refractivity (Wildman–Crippen MR) is 60.6 cm³/mol. The highest BCUT2D eigenvalue weighted by atomic mass is 79.9. The molecule has 1 aromatic rings. The van der Waals surface area contributed by atoms with Crippen molar-refractivity contribution in [3.8, 4) is 5.75 Å². The van der Waals surface area contributed by atoms with Gasteiger partial charge in [-0.1, -0.05) is 13.0 Å². The summed E-state index contributed by atoms with van der Waals surface area (Å²) in [5.41, 5.74) is 0.919. The molecule has 0 heterocycles. The molecule has 0 aliphatic heterocycles. The maximum absolute atomic E-state index is 9.61. The van der Waals surface area contributed by atoms with Crippen LogP contribution in [0.25, 0.3) is 0 Å². The van der Waals surface area contributed by atoms with Gasteiger partial charge in [-0.25, -0.2) is 0 Å². The standard InChI is InChI=1S/C11H15BrO2/c1-3-10(13)8-5-6-11(14-4-2)9(12)7-8/h5-7,10,13H,3-4H2,1-2H3/t10-/m0/s1. The Kier molecular flexibility index (Phi) is 4.42. The summed E-state index contributed by atoms with van der Waals surface area (Å²) in [6.45, 7) is 4.55. The van der Waals surface area contributed by atoms with Gasteiger partial charge in [-0.3, -0.25) is 0 Å². The van der Waals surface area contributed by atoms with Gasteiger partial charge in [-0.05, 0) is 47.0 Å². The summed E-state index contributed by atoms with van der Waals surface area (Å²) >= 11 is 3.41. The largest absolute Gasteiger partial charge is 0.493 e. The Labute approximate surface area is 93.0 Å². The minimum Gasteiger partial charge on any atom is -0.493 e. The van der Waals surface area contributed by atoms with Gasteiger partial charge in [-0.2, -0.15) is 0 Å². The third-order valence-electron chi connectivity index (χ3n) is 2.03. The van der Waals surface area contributed by atoms with Crippen molar-refractivity contribution in [3.63, 3.8) is 0 Å². The van der Waals surface area contributed by atoms with Gasteiger partial charge in [0, 0.05) is 0 Å². The van der Waals surface area contributed by atoms with Crippen LogP contribution in [0.3, 0.4) is 0 Å². The molecule has 0 aliphatic rings. The summed E-state index contributed by atoms with van der Waals surface area (Å²) in [6, 6.07) is 5.67. The quantitative estimate of drug-likeness (QED) is 0.899. The fraction of sp³-hybridized carbons (Fsp3) is 0.455. The van der Waals surface area contributed by atoms with Gasteiger partial charge in [0.05, 0.1) is 17.2 Å². The van der Waals surface area contributed by atoms with Gasteiger partial charge in [0.15, 0.2) is 0 Å². The zero-order valence-electron chi connectivity index (χ0n) is 8.46. The van der Waals surface area contributed by atoms with E-state index in [1.807, 2.05) is 32.0 Å². The molecule has 0 unspecified atom stereocenters. The molecular formula is C11H15BrO2. The molecular weight excluding hydrogens is 244 g/mol. The molecule has 1 rings (SSSR count). The normalized spacial score (nSPS) is 12.6. The van der Waals surface area contributed by atoms with Crippen LogP contribution in [-0.4, -0.2) is 11.7 Å². The summed E-state index contributed by atoms with van der Waals surface area (Å²) < 4.78 is 6.27. The number of aliphatic hydroxyl groups excluding tert-OH is 1. The average Bonchev–Trinajstić information content (AvgIpc) is 2.20. The number of aliphatic hydroxyl groups is 1. The summed E-state index contributed by atoms with van der Waals surface area (Å²) in [5, 5.41) is 9.61. The number of hydrogen-bond donors (Lipinski definition) is 1. The van der Waals surface area contributed by atoms with Gasteiger partial charge in [0.2, 0.25) is 0 Å². The maximum Gasteiger partial charge on any atom is 0.133 e. The van der Waals surface area contributed by atoms with Crippen molar-refractivity contribution < 1.29 is 9.84 Å². The number of rotatable bonds is 4. The molecule has 0 fully saturated rings. The van der Waals surface area contributed by atoms with Crippen LogP contribution >= 0.6 is 15.9 Å². The van der Waals surface area contributed by atoms with E-state index in [1.165, 1.54) is 0 Å². The van der Waals surface area contributed by atoms with Gasteiger partial charge >= 0.3 is 0 Å². The Balaban J connectivity index is 2.88. The number of benzene rings is 1. The fourth-order valence-electron chi connectivity index (χ4n) is 1.23. The van der Waals surface area contributed by atoms with Gasteiger partial charge in [0.1, 0.15) is 5.75 Å². The van der Waals surface area contributed by atoms with E-state index >= 15 is 0 Å². The van der Waals surface area contributed by atoms with Crippen molar-refractivity contribution in [2.45, 2.75) is 26.4 Å². The van der Waals surface area contributed by atoms with Crippen LogP contribution in [0.5, 0.6) is 5.75 Å². The van der Waals surface area contributed by atoms with Crippen LogP contribution in [0.15, 0.2) is 22.7 Å². The summed E-state index contributed by atoms with van der Waals surface area (Å²) in [5.74, 6) is 0.819. The Hall–Kier alpha value is -0.540. The summed E-state index contributed by atoms with van der Waals surface area (Å²) in [6.07, 6.45) is 0.336. The van der Waals surface area contributed by atoms with E-state index in [0.717, 1.165) is 22.2 Å². The van der Waals surface area contributed by atoms with Crippen molar-refractivity contribution in [3.05, 3.63) is 28.2 Å². The fourth-order valence-corrected chi connectivity index (χ4v) is 1.74. The summed E-state index contributed by atoms with van der Waals surface area (Å²) in [4.78, 5) is 0. The topological polar surface area (TPSA) is 29.5 Å². The number of hydrogen-bond acceptors (Lipinski definition) is 2. The minimum atomic E-state index is -0.387. The first-order valence-electron chi connectivity index (χ1n) is 4.79. The SMILES string of the molecule is CCOc1ccc([C@@H](O)CC)cc1Br. The Morgan fingerprint density at radius 3 is 2.64 bits per heavy atom. The third-order valence-corrected chi connectivity index (χ3v) is 2.65. The van der Waals surface area contributed by atoms with E-state index in [2.05, 4.69) is 15.9 Å². The van der Waals surface area contributed by atoms with Crippen molar-refractivity contribution in [2.75, 3.05) is 6.61 Å². The highest BCUT2D eigenvalue weighted by Crippen LogP contribution is 2.29. The van der Waals surface area contributed by atoms with E-state index in [4.69, 9.17) is 4.74 Å². The lowest BCUT2D eigenvalue weighted by Crippen LogP contribution is -1.97. The molecule has 0 saturated heterocycles. The van der Waals surface area contributed by atoms with Crippen LogP contribution in [0, 0.1) is 0 Å². The first kappa shape index (κ1) is 11.5. The Morgan fingerprint density at radius 1 is 1.43 bits per heavy atom. The average molecular weight is 259 g/mol. The Morgan fingerprint density at radius 2 is 2.14 bits per heavy atom. The molecule has 0 saturated carbocycles. The van der Waals surface area contributed by atoms with Crippen LogP contribution in [0.4, 0.5) is 0 Å². The lowest BCUT2D eigenvalue weighted by atomic mass is 10.1. The van der Waals surface area contributed by atoms with Crippen molar-refractivity contribution in [1.82, 2.24) is 0 Å². The van der Waals surface area contributed by atoms with Crippen LogP contribution in [0.1, 0.15) is 31.9 Å². The second kappa shape index (κ2) is 5.37. The van der Waals surface area contributed by atoms with Gasteiger partial charge in [0.25, 0.3) is 0 Å². The van der Waals surface area contributed by atoms with Crippen molar-refractivity contribution in [2.24, 2.45) is 0 Å². The van der Waals surface area contributed by atoms with Crippen LogP contribution in [-0.2, 0) is 0 Å². The number of halogens is 1. The molecule has 2 nitrogen and oxygen atoms in total. The molecule has 3 heteroatoms. The van der Waals surface area contributed by atoms with E-state index in [9.17, 15) is 5.11 Å². The lowest BCUT2D eigenvalue weighted by molar-refractivity contribution is 0.173. The zero-order valence-corrected chi connectivity index (χ0v) is 10.0. The highest BCUT2D eigenvalue weighted by Gasteiger charge is 2.07. The number of ether oxygens (including phenoxy) is 1. The second-order valence-electron chi connectivity index (χ2n) is 3.05. The van der Waals surface area contributed by atoms with Gasteiger partial charge in [-0.15, -0.1) is 0 Å². The molecule has 14 heavy (non-hydrogen) atoms. The molecule has 0 radical (unpaired) electrons. The molecule has 78 valence electrons. The minimum absolute atomic E-state index is 0.387. The molecule has 0 amide bonds. The second-order valence-corrected chi connectivity index (χ2v) is 3.90. The lowest BCUT2D eigenvalue weighted by Gasteiger charge is -2.11. The molecule has 0 aromatic heterocycles. The van der Waals surface area contributed by atoms with E-state index in [-0.39, 0.29) is 6.10 Å². The van der Waals surface area contributed by atoms with Gasteiger partial charge < -0.3 is 9.84 Å². The molecule has 1 N–H and O–H groups in total. The van der Waals surface area contributed by atoms with E-state index in [0.29, 0.717) is 6.61 Å². The molecule has 1 aromatic carbocycles. The monoisotopic (exact) mass is 258 g/mol. The smallest absolute Gasteiger partial charge is 0.133 e. The zero-order chi connectivity index (χ0) is 10.6.